The molecule has 1 saturated carbocycles. The van der Waals surface area contributed by atoms with E-state index in [4.69, 9.17) is 10.7 Å². The molecule has 1 heterocycles. The third kappa shape index (κ3) is 2.25. The third-order valence-corrected chi connectivity index (χ3v) is 4.72. The van der Waals surface area contributed by atoms with Crippen LogP contribution in [0, 0.1) is 5.92 Å². The molecule has 1 aliphatic rings. The number of carbonyl (C=O) groups is 1. The van der Waals surface area contributed by atoms with Gasteiger partial charge in [-0.3, -0.25) is 9.59 Å². The van der Waals surface area contributed by atoms with Crippen LogP contribution in [-0.2, 0) is 9.05 Å². The molecule has 5 nitrogen and oxygen atoms in total. The molecule has 1 aromatic carbocycles. The lowest BCUT2D eigenvalue weighted by molar-refractivity contribution is 0.0969. The maximum Gasteiger partial charge on any atom is 0.261 e. The quantitative estimate of drug-likeness (QED) is 0.694. The lowest BCUT2D eigenvalue weighted by Gasteiger charge is -2.05. The number of hydrogen-bond acceptors (Lipinski definition) is 4. The molecule has 0 amide bonds. The molecule has 0 radical (unpaired) electrons. The Morgan fingerprint density at radius 1 is 1.25 bits per heavy atom. The molecule has 0 spiro atoms. The van der Waals surface area contributed by atoms with Gasteiger partial charge in [0.15, 0.2) is 5.78 Å². The first kappa shape index (κ1) is 13.3. The monoisotopic (exact) mass is 311 g/mol. The molecule has 3 rings (SSSR count). The molecular formula is C13H10ClNO4S. The number of aromatic amines is 1. The van der Waals surface area contributed by atoms with Crippen molar-refractivity contribution in [3.05, 3.63) is 40.3 Å². The van der Waals surface area contributed by atoms with E-state index in [9.17, 15) is 18.0 Å². The standard InChI is InChI=1S/C13H10ClNO4S/c14-20(18,19)8-3-4-9-10(5-8)13(17)15-6-11(9)12(16)7-1-2-7/h3-7H,1-2H2,(H,15,17). The number of pyridine rings is 1. The van der Waals surface area contributed by atoms with Gasteiger partial charge in [0.2, 0.25) is 0 Å². The van der Waals surface area contributed by atoms with Crippen LogP contribution in [0.15, 0.2) is 34.1 Å². The summed E-state index contributed by atoms with van der Waals surface area (Å²) in [6.45, 7) is 0. The lowest BCUT2D eigenvalue weighted by atomic mass is 10.0. The molecule has 0 atom stereocenters. The highest BCUT2D eigenvalue weighted by Crippen LogP contribution is 2.34. The Labute approximate surface area is 119 Å². The molecule has 0 aliphatic heterocycles. The van der Waals surface area contributed by atoms with Gasteiger partial charge in [-0.1, -0.05) is 6.07 Å². The van der Waals surface area contributed by atoms with Crippen molar-refractivity contribution in [2.24, 2.45) is 5.92 Å². The van der Waals surface area contributed by atoms with E-state index < -0.39 is 14.6 Å². The highest BCUT2D eigenvalue weighted by Gasteiger charge is 2.31. The van der Waals surface area contributed by atoms with E-state index >= 15 is 0 Å². The van der Waals surface area contributed by atoms with Crippen molar-refractivity contribution in [3.8, 4) is 0 Å². The first-order valence-electron chi connectivity index (χ1n) is 6.02. The van der Waals surface area contributed by atoms with Crippen LogP contribution in [0.25, 0.3) is 10.8 Å². The van der Waals surface area contributed by atoms with Crippen LogP contribution in [0.5, 0.6) is 0 Å². The van der Waals surface area contributed by atoms with E-state index in [1.165, 1.54) is 24.4 Å². The summed E-state index contributed by atoms with van der Waals surface area (Å²) in [4.78, 5) is 26.3. The number of Topliss-reactive ketones (excluding diaryl/α,β-unsaturated/α-hetero) is 1. The van der Waals surface area contributed by atoms with Gasteiger partial charge in [0.1, 0.15) is 0 Å². The Balaban J connectivity index is 2.28. The fourth-order valence-electron chi connectivity index (χ4n) is 2.16. The first-order valence-corrected chi connectivity index (χ1v) is 8.33. The fraction of sp³-hybridized carbons (Fsp3) is 0.231. The molecule has 1 N–H and O–H groups in total. The summed E-state index contributed by atoms with van der Waals surface area (Å²) in [7, 11) is 1.35. The van der Waals surface area contributed by atoms with Crippen molar-refractivity contribution in [2.45, 2.75) is 17.7 Å². The van der Waals surface area contributed by atoms with Crippen LogP contribution in [0.2, 0.25) is 0 Å². The van der Waals surface area contributed by atoms with Gasteiger partial charge in [-0.15, -0.1) is 0 Å². The van der Waals surface area contributed by atoms with Gasteiger partial charge in [-0.25, -0.2) is 8.42 Å². The van der Waals surface area contributed by atoms with Crippen LogP contribution in [0.3, 0.4) is 0 Å². The van der Waals surface area contributed by atoms with Gasteiger partial charge in [-0.2, -0.15) is 0 Å². The van der Waals surface area contributed by atoms with Gasteiger partial charge in [0.25, 0.3) is 14.6 Å². The van der Waals surface area contributed by atoms with E-state index in [0.717, 1.165) is 12.8 Å². The molecule has 20 heavy (non-hydrogen) atoms. The molecule has 104 valence electrons. The third-order valence-electron chi connectivity index (χ3n) is 3.37. The zero-order chi connectivity index (χ0) is 14.5. The highest BCUT2D eigenvalue weighted by molar-refractivity contribution is 8.13. The normalized spacial score (nSPS) is 15.4. The Kier molecular flexibility index (Phi) is 2.95. The maximum absolute atomic E-state index is 12.1. The average Bonchev–Trinajstić information content (AvgIpc) is 3.21. The van der Waals surface area contributed by atoms with Crippen molar-refractivity contribution in [1.29, 1.82) is 0 Å². The number of carbonyl (C=O) groups excluding carboxylic acids is 1. The summed E-state index contributed by atoms with van der Waals surface area (Å²) < 4.78 is 22.6. The Hall–Kier alpha value is -1.66. The number of rotatable bonds is 3. The largest absolute Gasteiger partial charge is 0.328 e. The number of nitrogens with one attached hydrogen (secondary N) is 1. The summed E-state index contributed by atoms with van der Waals surface area (Å²) in [6.07, 6.45) is 3.10. The zero-order valence-electron chi connectivity index (χ0n) is 10.2. The van der Waals surface area contributed by atoms with Crippen LogP contribution >= 0.6 is 10.7 Å². The number of hydrogen-bond donors (Lipinski definition) is 1. The van der Waals surface area contributed by atoms with E-state index in [-0.39, 0.29) is 22.0 Å². The Morgan fingerprint density at radius 2 is 1.95 bits per heavy atom. The molecule has 1 aromatic heterocycles. The fourth-order valence-corrected chi connectivity index (χ4v) is 2.94. The summed E-state index contributed by atoms with van der Waals surface area (Å²) >= 11 is 0. The summed E-state index contributed by atoms with van der Waals surface area (Å²) in [5.41, 5.74) is -0.0323. The predicted molar refractivity (Wildman–Crippen MR) is 74.7 cm³/mol. The van der Waals surface area contributed by atoms with Crippen LogP contribution in [-0.4, -0.2) is 19.2 Å². The van der Waals surface area contributed by atoms with Crippen LogP contribution in [0.1, 0.15) is 23.2 Å². The van der Waals surface area contributed by atoms with E-state index in [1.807, 2.05) is 0 Å². The molecule has 1 fully saturated rings. The van der Waals surface area contributed by atoms with Crippen LogP contribution < -0.4 is 5.56 Å². The molecule has 0 saturated heterocycles. The Bertz CT molecular complexity index is 881. The van der Waals surface area contributed by atoms with Gasteiger partial charge in [0.05, 0.1) is 4.90 Å². The van der Waals surface area contributed by atoms with Crippen molar-refractivity contribution < 1.29 is 13.2 Å². The number of fused-ring (bicyclic) bond motifs is 1. The number of aromatic nitrogens is 1. The van der Waals surface area contributed by atoms with Crippen LogP contribution in [0.4, 0.5) is 0 Å². The number of halogens is 1. The lowest BCUT2D eigenvalue weighted by Crippen LogP contribution is -2.12. The topological polar surface area (TPSA) is 84.1 Å². The molecule has 2 aromatic rings. The second-order valence-electron chi connectivity index (χ2n) is 4.82. The van der Waals surface area contributed by atoms with Gasteiger partial charge in [-0.05, 0) is 30.4 Å². The number of benzene rings is 1. The molecular weight excluding hydrogens is 302 g/mol. The smallest absolute Gasteiger partial charge is 0.261 e. The molecule has 0 unspecified atom stereocenters. The second kappa shape index (κ2) is 4.43. The van der Waals surface area contributed by atoms with E-state index in [1.54, 1.807) is 0 Å². The van der Waals surface area contributed by atoms with Gasteiger partial charge >= 0.3 is 0 Å². The van der Waals surface area contributed by atoms with E-state index in [0.29, 0.717) is 10.9 Å². The van der Waals surface area contributed by atoms with Crippen molar-refractivity contribution in [3.63, 3.8) is 0 Å². The summed E-state index contributed by atoms with van der Waals surface area (Å²) in [6, 6.07) is 3.95. The van der Waals surface area contributed by atoms with Gasteiger partial charge < -0.3 is 4.98 Å². The number of H-pyrrole nitrogens is 1. The average molecular weight is 312 g/mol. The highest BCUT2D eigenvalue weighted by atomic mass is 35.7. The molecule has 1 aliphatic carbocycles. The van der Waals surface area contributed by atoms with Crippen molar-refractivity contribution >= 4 is 36.3 Å². The number of ketones is 1. The SMILES string of the molecule is O=C(c1c[nH]c(=O)c2cc(S(=O)(=O)Cl)ccc12)C1CC1. The molecule has 0 bridgehead atoms. The minimum Gasteiger partial charge on any atom is -0.328 e. The Morgan fingerprint density at radius 3 is 2.55 bits per heavy atom. The van der Waals surface area contributed by atoms with Crippen molar-refractivity contribution in [1.82, 2.24) is 4.98 Å². The summed E-state index contributed by atoms with van der Waals surface area (Å²) in [5, 5.41) is 0.605. The predicted octanol–water partition coefficient (Wildman–Crippen LogP) is 2.05. The first-order chi connectivity index (χ1) is 9.38. The van der Waals surface area contributed by atoms with Crippen molar-refractivity contribution in [2.75, 3.05) is 0 Å². The maximum atomic E-state index is 12.1. The second-order valence-corrected chi connectivity index (χ2v) is 7.38. The molecule has 7 heteroatoms. The summed E-state index contributed by atoms with van der Waals surface area (Å²) in [5.74, 6) is -0.00623. The minimum absolute atomic E-state index is 0.0144. The van der Waals surface area contributed by atoms with E-state index in [2.05, 4.69) is 4.98 Å². The zero-order valence-corrected chi connectivity index (χ0v) is 11.8. The van der Waals surface area contributed by atoms with Gasteiger partial charge in [0, 0.05) is 33.7 Å². The minimum atomic E-state index is -3.91.